The van der Waals surface area contributed by atoms with Gasteiger partial charge in [-0.25, -0.2) is 0 Å². The Labute approximate surface area is 76.9 Å². The summed E-state index contributed by atoms with van der Waals surface area (Å²) >= 11 is 5.32. The van der Waals surface area contributed by atoms with Crippen molar-refractivity contribution in [1.82, 2.24) is 0 Å². The van der Waals surface area contributed by atoms with Crippen molar-refractivity contribution in [2.24, 2.45) is 11.7 Å². The van der Waals surface area contributed by atoms with E-state index >= 15 is 0 Å². The molecule has 0 amide bonds. The SMILES string of the molecule is CC(C#CCCl)C[C@H](N)C(=O)O. The third-order valence-electron chi connectivity index (χ3n) is 1.34. The fourth-order valence-corrected chi connectivity index (χ4v) is 0.831. The number of carboxylic acid groups (broad SMARTS) is 1. The van der Waals surface area contributed by atoms with Crippen molar-refractivity contribution in [2.45, 2.75) is 19.4 Å². The van der Waals surface area contributed by atoms with Gasteiger partial charge in [-0.05, 0) is 6.42 Å². The quantitative estimate of drug-likeness (QED) is 0.507. The van der Waals surface area contributed by atoms with Crippen molar-refractivity contribution in [3.63, 3.8) is 0 Å². The third kappa shape index (κ3) is 5.00. The zero-order valence-electron chi connectivity index (χ0n) is 6.88. The second-order valence-corrected chi connectivity index (χ2v) is 2.80. The van der Waals surface area contributed by atoms with Gasteiger partial charge in [-0.2, -0.15) is 0 Å². The maximum atomic E-state index is 10.3. The van der Waals surface area contributed by atoms with Gasteiger partial charge in [0.1, 0.15) is 6.04 Å². The van der Waals surface area contributed by atoms with Crippen molar-refractivity contribution >= 4 is 17.6 Å². The number of halogens is 1. The second kappa shape index (κ2) is 5.87. The van der Waals surface area contributed by atoms with Gasteiger partial charge in [-0.1, -0.05) is 18.8 Å². The summed E-state index contributed by atoms with van der Waals surface area (Å²) in [5.74, 6) is 4.71. The molecule has 0 aromatic carbocycles. The zero-order valence-corrected chi connectivity index (χ0v) is 7.64. The number of carboxylic acids is 1. The molecule has 68 valence electrons. The number of nitrogens with two attached hydrogens (primary N) is 1. The second-order valence-electron chi connectivity index (χ2n) is 2.54. The summed E-state index contributed by atoms with van der Waals surface area (Å²) in [6.45, 7) is 1.82. The largest absolute Gasteiger partial charge is 0.480 e. The summed E-state index contributed by atoms with van der Waals surface area (Å²) < 4.78 is 0. The summed E-state index contributed by atoms with van der Waals surface area (Å²) in [7, 11) is 0. The first kappa shape index (κ1) is 11.3. The molecule has 0 bridgehead atoms. The minimum Gasteiger partial charge on any atom is -0.480 e. The highest BCUT2D eigenvalue weighted by molar-refractivity contribution is 6.19. The standard InChI is InChI=1S/C8H12ClNO2/c1-6(3-2-4-9)5-7(10)8(11)12/h6-7H,4-5,10H2,1H3,(H,11,12)/t6?,7-/m0/s1. The minimum atomic E-state index is -0.991. The lowest BCUT2D eigenvalue weighted by atomic mass is 10.0. The van der Waals surface area contributed by atoms with Crippen LogP contribution in [0.25, 0.3) is 0 Å². The summed E-state index contributed by atoms with van der Waals surface area (Å²) in [5, 5.41) is 8.46. The lowest BCUT2D eigenvalue weighted by Gasteiger charge is -2.07. The summed E-state index contributed by atoms with van der Waals surface area (Å²) in [6.07, 6.45) is 0.360. The number of carbonyl (C=O) groups is 1. The van der Waals surface area contributed by atoms with Gasteiger partial charge in [0.15, 0.2) is 0 Å². The van der Waals surface area contributed by atoms with Gasteiger partial charge in [0, 0.05) is 5.92 Å². The van der Waals surface area contributed by atoms with Gasteiger partial charge in [-0.3, -0.25) is 4.79 Å². The molecule has 3 nitrogen and oxygen atoms in total. The number of alkyl halides is 1. The molecular weight excluding hydrogens is 178 g/mol. The first-order chi connectivity index (χ1) is 5.57. The van der Waals surface area contributed by atoms with Crippen molar-refractivity contribution in [1.29, 1.82) is 0 Å². The van der Waals surface area contributed by atoms with E-state index in [0.29, 0.717) is 6.42 Å². The Hall–Kier alpha value is -0.720. The van der Waals surface area contributed by atoms with Crippen molar-refractivity contribution in [3.05, 3.63) is 0 Å². The molecule has 0 aliphatic heterocycles. The Kier molecular flexibility index (Phi) is 5.52. The maximum Gasteiger partial charge on any atom is 0.320 e. The molecule has 3 N–H and O–H groups in total. The average Bonchev–Trinajstić information content (AvgIpc) is 2.00. The minimum absolute atomic E-state index is 0.0187. The van der Waals surface area contributed by atoms with Crippen LogP contribution in [0.2, 0.25) is 0 Å². The molecular formula is C8H12ClNO2. The zero-order chi connectivity index (χ0) is 9.56. The van der Waals surface area contributed by atoms with Crippen LogP contribution in [0.4, 0.5) is 0 Å². The van der Waals surface area contributed by atoms with Crippen LogP contribution < -0.4 is 5.73 Å². The highest BCUT2D eigenvalue weighted by Crippen LogP contribution is 2.02. The van der Waals surface area contributed by atoms with Crippen molar-refractivity contribution in [3.8, 4) is 11.8 Å². The molecule has 0 aromatic heterocycles. The Morgan fingerprint density at radius 2 is 2.33 bits per heavy atom. The Balaban J connectivity index is 3.83. The lowest BCUT2D eigenvalue weighted by molar-refractivity contribution is -0.138. The molecule has 12 heavy (non-hydrogen) atoms. The van der Waals surface area contributed by atoms with E-state index in [0.717, 1.165) is 0 Å². The average molecular weight is 190 g/mol. The molecule has 0 rings (SSSR count). The summed E-state index contributed by atoms with van der Waals surface area (Å²) in [4.78, 5) is 10.3. The van der Waals surface area contributed by atoms with E-state index in [9.17, 15) is 4.79 Å². The fraction of sp³-hybridized carbons (Fsp3) is 0.625. The summed E-state index contributed by atoms with van der Waals surface area (Å²) in [6, 6.07) is -0.829. The van der Waals surface area contributed by atoms with Crippen LogP contribution in [-0.2, 0) is 4.79 Å². The third-order valence-corrected chi connectivity index (χ3v) is 1.47. The van der Waals surface area contributed by atoms with Crippen LogP contribution in [0.15, 0.2) is 0 Å². The van der Waals surface area contributed by atoms with E-state index in [4.69, 9.17) is 22.4 Å². The van der Waals surface area contributed by atoms with Gasteiger partial charge in [0.05, 0.1) is 5.88 Å². The summed E-state index contributed by atoms with van der Waals surface area (Å²) in [5.41, 5.74) is 5.29. The van der Waals surface area contributed by atoms with Crippen LogP contribution in [-0.4, -0.2) is 23.0 Å². The highest BCUT2D eigenvalue weighted by atomic mass is 35.5. The van der Waals surface area contributed by atoms with E-state index in [1.54, 1.807) is 0 Å². The number of hydrogen-bond acceptors (Lipinski definition) is 2. The highest BCUT2D eigenvalue weighted by Gasteiger charge is 2.13. The Morgan fingerprint density at radius 3 is 2.75 bits per heavy atom. The predicted molar refractivity (Wildman–Crippen MR) is 47.9 cm³/mol. The molecule has 2 atom stereocenters. The molecule has 0 aliphatic carbocycles. The van der Waals surface area contributed by atoms with Crippen LogP contribution in [0.5, 0.6) is 0 Å². The van der Waals surface area contributed by atoms with Crippen molar-refractivity contribution in [2.75, 3.05) is 5.88 Å². The fourth-order valence-electron chi connectivity index (χ4n) is 0.753. The van der Waals surface area contributed by atoms with Gasteiger partial charge in [0.2, 0.25) is 0 Å². The first-order valence-corrected chi connectivity index (χ1v) is 4.14. The van der Waals surface area contributed by atoms with Gasteiger partial charge in [-0.15, -0.1) is 11.6 Å². The molecule has 0 saturated carbocycles. The molecule has 0 radical (unpaired) electrons. The monoisotopic (exact) mass is 189 g/mol. The van der Waals surface area contributed by atoms with Crippen molar-refractivity contribution < 1.29 is 9.90 Å². The Bertz CT molecular complexity index is 207. The van der Waals surface area contributed by atoms with Gasteiger partial charge < -0.3 is 10.8 Å². The van der Waals surface area contributed by atoms with Crippen LogP contribution in [0, 0.1) is 17.8 Å². The number of rotatable bonds is 3. The van der Waals surface area contributed by atoms with E-state index < -0.39 is 12.0 Å². The Morgan fingerprint density at radius 1 is 1.75 bits per heavy atom. The normalized spacial score (nSPS) is 14.2. The van der Waals surface area contributed by atoms with Crippen LogP contribution >= 0.6 is 11.6 Å². The molecule has 0 spiro atoms. The van der Waals surface area contributed by atoms with Crippen LogP contribution in [0.3, 0.4) is 0 Å². The lowest BCUT2D eigenvalue weighted by Crippen LogP contribution is -2.31. The topological polar surface area (TPSA) is 63.3 Å². The number of hydrogen-bond donors (Lipinski definition) is 2. The van der Waals surface area contributed by atoms with E-state index in [2.05, 4.69) is 11.8 Å². The van der Waals surface area contributed by atoms with Gasteiger partial charge >= 0.3 is 5.97 Å². The molecule has 0 fully saturated rings. The molecule has 0 saturated heterocycles. The van der Waals surface area contributed by atoms with E-state index in [1.807, 2.05) is 6.92 Å². The van der Waals surface area contributed by atoms with E-state index in [1.165, 1.54) is 0 Å². The molecule has 0 heterocycles. The number of aliphatic carboxylic acids is 1. The van der Waals surface area contributed by atoms with E-state index in [-0.39, 0.29) is 11.8 Å². The molecule has 1 unspecified atom stereocenters. The maximum absolute atomic E-state index is 10.3. The van der Waals surface area contributed by atoms with Gasteiger partial charge in [0.25, 0.3) is 0 Å². The smallest absolute Gasteiger partial charge is 0.320 e. The predicted octanol–water partition coefficient (Wildman–Crippen LogP) is 0.667. The van der Waals surface area contributed by atoms with Crippen LogP contribution in [0.1, 0.15) is 13.3 Å². The molecule has 4 heteroatoms. The molecule has 0 aliphatic rings. The molecule has 0 aromatic rings. The first-order valence-electron chi connectivity index (χ1n) is 3.60.